The Labute approximate surface area is 152 Å². The summed E-state index contributed by atoms with van der Waals surface area (Å²) in [5.74, 6) is -2.30. The van der Waals surface area contributed by atoms with Crippen LogP contribution >= 0.6 is 0 Å². The van der Waals surface area contributed by atoms with Gasteiger partial charge in [-0.15, -0.1) is 0 Å². The van der Waals surface area contributed by atoms with Gasteiger partial charge in [-0.05, 0) is 60.6 Å². The maximum absolute atomic E-state index is 14.7. The Morgan fingerprint density at radius 2 is 1.81 bits per heavy atom. The lowest BCUT2D eigenvalue weighted by atomic mass is 9.77. The summed E-state index contributed by atoms with van der Waals surface area (Å²) in [6, 6.07) is 4.66. The molecule has 2 aromatic rings. The van der Waals surface area contributed by atoms with Gasteiger partial charge in [-0.1, -0.05) is 38.5 Å². The summed E-state index contributed by atoms with van der Waals surface area (Å²) in [6.07, 6.45) is 7.62. The van der Waals surface area contributed by atoms with Crippen molar-refractivity contribution in [3.63, 3.8) is 0 Å². The van der Waals surface area contributed by atoms with Crippen LogP contribution < -0.4 is 4.74 Å². The van der Waals surface area contributed by atoms with E-state index >= 15 is 0 Å². The lowest BCUT2D eigenvalue weighted by Gasteiger charge is -2.29. The van der Waals surface area contributed by atoms with E-state index in [2.05, 4.69) is 13.5 Å². The highest BCUT2D eigenvalue weighted by Crippen LogP contribution is 2.41. The second kappa shape index (κ2) is 8.15. The average Bonchev–Trinajstić information content (AvgIpc) is 2.65. The Balaban J connectivity index is 1.94. The van der Waals surface area contributed by atoms with Gasteiger partial charge in [0.2, 0.25) is 0 Å². The Morgan fingerprint density at radius 1 is 1.08 bits per heavy atom. The molecule has 0 saturated heterocycles. The lowest BCUT2D eigenvalue weighted by Crippen LogP contribution is -2.15. The quantitative estimate of drug-likeness (QED) is 0.508. The summed E-state index contributed by atoms with van der Waals surface area (Å²) >= 11 is 0. The number of fused-ring (bicyclic) bond motifs is 1. The van der Waals surface area contributed by atoms with Crippen molar-refractivity contribution in [2.24, 2.45) is 5.92 Å². The molecule has 1 aliphatic carbocycles. The topological polar surface area (TPSA) is 9.23 Å². The molecule has 0 heterocycles. The van der Waals surface area contributed by atoms with Crippen molar-refractivity contribution in [1.29, 1.82) is 0 Å². The molecular weight excluding hydrogens is 337 g/mol. The predicted octanol–water partition coefficient (Wildman–Crippen LogP) is 6.90. The Bertz CT molecular complexity index is 792. The fraction of sp³-hybridized carbons (Fsp3) is 0.455. The van der Waals surface area contributed by atoms with Crippen LogP contribution in [-0.2, 0) is 0 Å². The lowest BCUT2D eigenvalue weighted by molar-refractivity contribution is 0.303. The first-order chi connectivity index (χ1) is 12.6. The second-order valence-electron chi connectivity index (χ2n) is 7.18. The molecule has 1 nitrogen and oxygen atoms in total. The van der Waals surface area contributed by atoms with Gasteiger partial charge in [-0.25, -0.2) is 13.2 Å². The molecule has 0 amide bonds. The van der Waals surface area contributed by atoms with Gasteiger partial charge in [-0.2, -0.15) is 0 Å². The van der Waals surface area contributed by atoms with Gasteiger partial charge in [-0.3, -0.25) is 0 Å². The Morgan fingerprint density at radius 3 is 2.46 bits per heavy atom. The molecule has 0 spiro atoms. The molecule has 1 fully saturated rings. The minimum atomic E-state index is -1.12. The van der Waals surface area contributed by atoms with Crippen LogP contribution in [0.25, 0.3) is 10.8 Å². The van der Waals surface area contributed by atoms with Crippen LogP contribution in [0.4, 0.5) is 13.2 Å². The molecule has 0 atom stereocenters. The number of hydrogen-bond acceptors (Lipinski definition) is 1. The Kier molecular flexibility index (Phi) is 5.90. The molecule has 0 aromatic heterocycles. The number of benzene rings is 2. The largest absolute Gasteiger partial charge is 0.486 e. The third-order valence-electron chi connectivity index (χ3n) is 5.46. The van der Waals surface area contributed by atoms with Crippen LogP contribution in [0.15, 0.2) is 30.9 Å². The molecule has 0 unspecified atom stereocenters. The van der Waals surface area contributed by atoms with Crippen molar-refractivity contribution in [2.75, 3.05) is 6.61 Å². The van der Waals surface area contributed by atoms with Gasteiger partial charge in [0.05, 0.1) is 5.39 Å². The number of ether oxygens (including phenoxy) is 1. The zero-order valence-corrected chi connectivity index (χ0v) is 15.2. The molecule has 2 aromatic carbocycles. The maximum Gasteiger partial charge on any atom is 0.175 e. The Hall–Kier alpha value is -1.97. The summed E-state index contributed by atoms with van der Waals surface area (Å²) in [4.78, 5) is 0. The van der Waals surface area contributed by atoms with E-state index in [1.165, 1.54) is 18.6 Å². The van der Waals surface area contributed by atoms with Gasteiger partial charge < -0.3 is 4.74 Å². The molecule has 0 aliphatic heterocycles. The van der Waals surface area contributed by atoms with Crippen molar-refractivity contribution < 1.29 is 17.9 Å². The highest BCUT2D eigenvalue weighted by molar-refractivity contribution is 5.86. The highest BCUT2D eigenvalue weighted by Gasteiger charge is 2.27. The smallest absolute Gasteiger partial charge is 0.175 e. The molecular formula is C22H25F3O. The fourth-order valence-electron chi connectivity index (χ4n) is 4.11. The average molecular weight is 362 g/mol. The molecule has 3 rings (SSSR count). The van der Waals surface area contributed by atoms with E-state index in [1.807, 2.05) is 0 Å². The standard InChI is InChI=1S/C22H25F3O/c1-3-5-14-6-8-15(9-7-14)17-13-16-10-11-18(26-12-4-2)21(24)19(16)22(25)20(17)23/h4,10-11,13-15H,2-3,5-9,12H2,1H3. The van der Waals surface area contributed by atoms with E-state index in [1.54, 1.807) is 12.1 Å². The van der Waals surface area contributed by atoms with Crippen LogP contribution in [0.5, 0.6) is 5.75 Å². The van der Waals surface area contributed by atoms with Crippen LogP contribution in [0, 0.1) is 23.4 Å². The maximum atomic E-state index is 14.7. The molecule has 4 heteroatoms. The van der Waals surface area contributed by atoms with Crippen LogP contribution in [-0.4, -0.2) is 6.61 Å². The first kappa shape index (κ1) is 18.8. The third-order valence-corrected chi connectivity index (χ3v) is 5.46. The van der Waals surface area contributed by atoms with Crippen molar-refractivity contribution in [1.82, 2.24) is 0 Å². The van der Waals surface area contributed by atoms with Crippen molar-refractivity contribution in [3.05, 3.63) is 53.9 Å². The zero-order chi connectivity index (χ0) is 18.7. The van der Waals surface area contributed by atoms with Gasteiger partial charge in [0.25, 0.3) is 0 Å². The van der Waals surface area contributed by atoms with E-state index in [0.29, 0.717) is 16.9 Å². The monoisotopic (exact) mass is 362 g/mol. The van der Waals surface area contributed by atoms with Gasteiger partial charge >= 0.3 is 0 Å². The van der Waals surface area contributed by atoms with Crippen LogP contribution in [0.3, 0.4) is 0 Å². The second-order valence-corrected chi connectivity index (χ2v) is 7.18. The summed E-state index contributed by atoms with van der Waals surface area (Å²) in [7, 11) is 0. The van der Waals surface area contributed by atoms with Gasteiger partial charge in [0.1, 0.15) is 6.61 Å². The summed E-state index contributed by atoms with van der Waals surface area (Å²) in [6.45, 7) is 5.77. The SMILES string of the molecule is C=CCOc1ccc2cc(C3CCC(CCC)CC3)c(F)c(F)c2c1F. The normalized spacial score (nSPS) is 20.3. The van der Waals surface area contributed by atoms with E-state index in [-0.39, 0.29) is 23.7 Å². The van der Waals surface area contributed by atoms with E-state index in [4.69, 9.17) is 4.74 Å². The van der Waals surface area contributed by atoms with E-state index in [9.17, 15) is 13.2 Å². The van der Waals surface area contributed by atoms with Crippen molar-refractivity contribution in [3.8, 4) is 5.75 Å². The van der Waals surface area contributed by atoms with Crippen LogP contribution in [0.1, 0.15) is 56.9 Å². The minimum Gasteiger partial charge on any atom is -0.486 e. The van der Waals surface area contributed by atoms with E-state index in [0.717, 1.165) is 32.1 Å². The third kappa shape index (κ3) is 3.60. The van der Waals surface area contributed by atoms with Crippen molar-refractivity contribution in [2.45, 2.75) is 51.4 Å². The fourth-order valence-corrected chi connectivity index (χ4v) is 4.11. The molecule has 0 bridgehead atoms. The number of halogens is 3. The molecule has 0 radical (unpaired) electrons. The minimum absolute atomic E-state index is 0.00163. The number of hydrogen-bond donors (Lipinski definition) is 0. The predicted molar refractivity (Wildman–Crippen MR) is 99.1 cm³/mol. The first-order valence-electron chi connectivity index (χ1n) is 9.40. The summed E-state index contributed by atoms with van der Waals surface area (Å²) < 4.78 is 49.2. The zero-order valence-electron chi connectivity index (χ0n) is 15.2. The van der Waals surface area contributed by atoms with Gasteiger partial charge in [0, 0.05) is 0 Å². The van der Waals surface area contributed by atoms with Gasteiger partial charge in [0.15, 0.2) is 23.2 Å². The highest BCUT2D eigenvalue weighted by atomic mass is 19.2. The molecule has 140 valence electrons. The molecule has 26 heavy (non-hydrogen) atoms. The van der Waals surface area contributed by atoms with E-state index < -0.39 is 17.5 Å². The number of rotatable bonds is 6. The molecule has 1 aliphatic rings. The summed E-state index contributed by atoms with van der Waals surface area (Å²) in [5, 5.41) is 0.0329. The summed E-state index contributed by atoms with van der Waals surface area (Å²) in [5.41, 5.74) is 0.379. The molecule has 1 saturated carbocycles. The first-order valence-corrected chi connectivity index (χ1v) is 9.40. The van der Waals surface area contributed by atoms with Crippen LogP contribution in [0.2, 0.25) is 0 Å². The molecule has 0 N–H and O–H groups in total. The van der Waals surface area contributed by atoms with Crippen molar-refractivity contribution >= 4 is 10.8 Å².